The van der Waals surface area contributed by atoms with E-state index in [0.29, 0.717) is 0 Å². The molecule has 1 aromatic rings. The van der Waals surface area contributed by atoms with Crippen LogP contribution in [0.5, 0.6) is 0 Å². The lowest BCUT2D eigenvalue weighted by molar-refractivity contribution is 0.105. The van der Waals surface area contributed by atoms with Gasteiger partial charge in [0.15, 0.2) is 0 Å². The predicted octanol–water partition coefficient (Wildman–Crippen LogP) is 0.934. The van der Waals surface area contributed by atoms with Gasteiger partial charge in [-0.1, -0.05) is 29.8 Å². The zero-order valence-corrected chi connectivity index (χ0v) is 9.82. The van der Waals surface area contributed by atoms with Crippen molar-refractivity contribution in [3.05, 3.63) is 35.4 Å². The summed E-state index contributed by atoms with van der Waals surface area (Å²) >= 11 is 0. The first kappa shape index (κ1) is 11.6. The van der Waals surface area contributed by atoms with E-state index in [-0.39, 0.29) is 6.10 Å². The fraction of sp³-hybridized carbons (Fsp3) is 0.538. The molecule has 1 saturated heterocycles. The highest BCUT2D eigenvalue weighted by atomic mass is 16.3. The Hall–Kier alpha value is -0.900. The van der Waals surface area contributed by atoms with E-state index in [1.54, 1.807) is 0 Å². The fourth-order valence-electron chi connectivity index (χ4n) is 2.12. The second-order valence-electron chi connectivity index (χ2n) is 4.48. The first-order valence-corrected chi connectivity index (χ1v) is 5.93. The maximum Gasteiger partial charge on any atom is 0.0917 e. The van der Waals surface area contributed by atoms with Crippen molar-refractivity contribution in [2.75, 3.05) is 32.7 Å². The second-order valence-corrected chi connectivity index (χ2v) is 4.48. The number of hydrogen-bond donors (Lipinski definition) is 2. The molecule has 2 N–H and O–H groups in total. The zero-order chi connectivity index (χ0) is 11.4. The molecule has 0 amide bonds. The number of nitrogens with zero attached hydrogens (tertiary/aromatic N) is 1. The largest absolute Gasteiger partial charge is 0.387 e. The third-order valence-corrected chi connectivity index (χ3v) is 3.07. The molecule has 88 valence electrons. The van der Waals surface area contributed by atoms with Crippen LogP contribution in [-0.2, 0) is 0 Å². The third kappa shape index (κ3) is 3.04. The van der Waals surface area contributed by atoms with Gasteiger partial charge in [-0.2, -0.15) is 0 Å². The minimum atomic E-state index is -0.363. The third-order valence-electron chi connectivity index (χ3n) is 3.07. The molecule has 1 fully saturated rings. The first-order chi connectivity index (χ1) is 7.75. The van der Waals surface area contributed by atoms with Gasteiger partial charge in [0.25, 0.3) is 0 Å². The van der Waals surface area contributed by atoms with Crippen molar-refractivity contribution in [1.29, 1.82) is 0 Å². The topological polar surface area (TPSA) is 35.5 Å². The Kier molecular flexibility index (Phi) is 3.93. The van der Waals surface area contributed by atoms with Crippen molar-refractivity contribution in [3.63, 3.8) is 0 Å². The van der Waals surface area contributed by atoms with Crippen LogP contribution < -0.4 is 5.32 Å². The van der Waals surface area contributed by atoms with Crippen LogP contribution in [0.4, 0.5) is 0 Å². The van der Waals surface area contributed by atoms with Crippen molar-refractivity contribution in [1.82, 2.24) is 10.2 Å². The summed E-state index contributed by atoms with van der Waals surface area (Å²) < 4.78 is 0. The van der Waals surface area contributed by atoms with E-state index in [1.807, 2.05) is 12.1 Å². The number of aryl methyl sites for hydroxylation is 1. The quantitative estimate of drug-likeness (QED) is 0.795. The summed E-state index contributed by atoms with van der Waals surface area (Å²) in [5.41, 5.74) is 2.23. The normalized spacial score (nSPS) is 19.6. The molecular weight excluding hydrogens is 200 g/mol. The number of aliphatic hydroxyl groups is 1. The van der Waals surface area contributed by atoms with Crippen molar-refractivity contribution >= 4 is 0 Å². The highest BCUT2D eigenvalue weighted by molar-refractivity contribution is 5.24. The average Bonchev–Trinajstić information content (AvgIpc) is 2.30. The Bertz CT molecular complexity index is 334. The van der Waals surface area contributed by atoms with Gasteiger partial charge in [0.2, 0.25) is 0 Å². The van der Waals surface area contributed by atoms with Crippen LogP contribution in [0.2, 0.25) is 0 Å². The molecule has 1 aliphatic rings. The van der Waals surface area contributed by atoms with Crippen molar-refractivity contribution in [3.8, 4) is 0 Å². The smallest absolute Gasteiger partial charge is 0.0917 e. The van der Waals surface area contributed by atoms with Gasteiger partial charge in [0, 0.05) is 32.7 Å². The fourth-order valence-corrected chi connectivity index (χ4v) is 2.12. The monoisotopic (exact) mass is 220 g/mol. The summed E-state index contributed by atoms with van der Waals surface area (Å²) in [4.78, 5) is 2.31. The Morgan fingerprint density at radius 3 is 2.81 bits per heavy atom. The van der Waals surface area contributed by atoms with E-state index < -0.39 is 0 Å². The molecule has 3 nitrogen and oxygen atoms in total. The van der Waals surface area contributed by atoms with Gasteiger partial charge in [-0.25, -0.2) is 0 Å². The van der Waals surface area contributed by atoms with Gasteiger partial charge in [-0.15, -0.1) is 0 Å². The molecule has 3 heteroatoms. The number of β-amino-alcohol motifs (C(OH)–C–C–N with tert-alkyl or cyclic N) is 1. The number of nitrogens with one attached hydrogen (secondary N) is 1. The minimum absolute atomic E-state index is 0.363. The molecule has 0 radical (unpaired) electrons. The Balaban J connectivity index is 1.94. The van der Waals surface area contributed by atoms with Crippen molar-refractivity contribution in [2.45, 2.75) is 13.0 Å². The van der Waals surface area contributed by atoms with Gasteiger partial charge >= 0.3 is 0 Å². The van der Waals surface area contributed by atoms with Crippen molar-refractivity contribution in [2.24, 2.45) is 0 Å². The number of benzene rings is 1. The lowest BCUT2D eigenvalue weighted by Crippen LogP contribution is -2.44. The number of hydrogen-bond acceptors (Lipinski definition) is 3. The predicted molar refractivity (Wildman–Crippen MR) is 65.4 cm³/mol. The standard InChI is InChI=1S/C13H20N2O/c1-11-3-2-4-12(9-11)13(16)10-15-7-5-14-6-8-15/h2-4,9,13-14,16H,5-8,10H2,1H3. The summed E-state index contributed by atoms with van der Waals surface area (Å²) in [7, 11) is 0. The van der Waals surface area contributed by atoms with Crippen LogP contribution in [0.25, 0.3) is 0 Å². The summed E-state index contributed by atoms with van der Waals surface area (Å²) in [6, 6.07) is 8.12. The van der Waals surface area contributed by atoms with E-state index >= 15 is 0 Å². The van der Waals surface area contributed by atoms with Crippen LogP contribution in [0, 0.1) is 6.92 Å². The van der Waals surface area contributed by atoms with Gasteiger partial charge in [-0.3, -0.25) is 4.90 Å². The maximum atomic E-state index is 10.1. The van der Waals surface area contributed by atoms with Crippen LogP contribution >= 0.6 is 0 Å². The molecule has 1 unspecified atom stereocenters. The molecule has 0 spiro atoms. The van der Waals surface area contributed by atoms with Gasteiger partial charge in [-0.05, 0) is 12.5 Å². The van der Waals surface area contributed by atoms with Gasteiger partial charge in [0.1, 0.15) is 0 Å². The van der Waals surface area contributed by atoms with E-state index in [0.717, 1.165) is 38.3 Å². The van der Waals surface area contributed by atoms with E-state index in [2.05, 4.69) is 29.3 Å². The van der Waals surface area contributed by atoms with E-state index in [1.165, 1.54) is 5.56 Å². The highest BCUT2D eigenvalue weighted by Gasteiger charge is 2.15. The lowest BCUT2D eigenvalue weighted by atomic mass is 10.1. The van der Waals surface area contributed by atoms with Gasteiger partial charge < -0.3 is 10.4 Å². The van der Waals surface area contributed by atoms with Crippen LogP contribution in [0.15, 0.2) is 24.3 Å². The summed E-state index contributed by atoms with van der Waals surface area (Å²) in [5, 5.41) is 13.4. The summed E-state index contributed by atoms with van der Waals surface area (Å²) in [5.74, 6) is 0. The zero-order valence-electron chi connectivity index (χ0n) is 9.82. The molecule has 2 rings (SSSR count). The average molecular weight is 220 g/mol. The molecule has 1 aromatic carbocycles. The Morgan fingerprint density at radius 1 is 1.38 bits per heavy atom. The number of rotatable bonds is 3. The van der Waals surface area contributed by atoms with Gasteiger partial charge in [0.05, 0.1) is 6.10 Å². The molecule has 1 heterocycles. The SMILES string of the molecule is Cc1cccc(C(O)CN2CCNCC2)c1. The summed E-state index contributed by atoms with van der Waals surface area (Å²) in [6.07, 6.45) is -0.363. The second kappa shape index (κ2) is 5.43. The summed E-state index contributed by atoms with van der Waals surface area (Å²) in [6.45, 7) is 6.92. The van der Waals surface area contributed by atoms with Crippen LogP contribution in [0.1, 0.15) is 17.2 Å². The van der Waals surface area contributed by atoms with Crippen molar-refractivity contribution < 1.29 is 5.11 Å². The molecule has 1 atom stereocenters. The number of aliphatic hydroxyl groups excluding tert-OH is 1. The molecule has 0 saturated carbocycles. The molecule has 0 aromatic heterocycles. The van der Waals surface area contributed by atoms with E-state index in [9.17, 15) is 5.11 Å². The molecular formula is C13H20N2O. The Morgan fingerprint density at radius 2 is 2.12 bits per heavy atom. The highest BCUT2D eigenvalue weighted by Crippen LogP contribution is 2.15. The molecule has 0 bridgehead atoms. The number of piperazine rings is 1. The molecule has 0 aliphatic carbocycles. The first-order valence-electron chi connectivity index (χ1n) is 5.93. The maximum absolute atomic E-state index is 10.1. The molecule has 16 heavy (non-hydrogen) atoms. The van der Waals surface area contributed by atoms with Crippen LogP contribution in [0.3, 0.4) is 0 Å². The lowest BCUT2D eigenvalue weighted by Gasteiger charge is -2.29. The minimum Gasteiger partial charge on any atom is -0.387 e. The Labute approximate surface area is 97.1 Å². The van der Waals surface area contributed by atoms with E-state index in [4.69, 9.17) is 0 Å². The van der Waals surface area contributed by atoms with Crippen LogP contribution in [-0.4, -0.2) is 42.7 Å². The molecule has 1 aliphatic heterocycles.